The van der Waals surface area contributed by atoms with E-state index in [2.05, 4.69) is 15.6 Å². The van der Waals surface area contributed by atoms with E-state index < -0.39 is 23.7 Å². The second-order valence-electron chi connectivity index (χ2n) is 9.58. The largest absolute Gasteiger partial charge is 0.497 e. The number of carbonyl (C=O) groups excluding carboxylic acids is 2. The molecule has 2 amide bonds. The molecule has 1 atom stereocenters. The Morgan fingerprint density at radius 3 is 2.57 bits per heavy atom. The Labute approximate surface area is 240 Å². The lowest BCUT2D eigenvalue weighted by Crippen LogP contribution is -2.42. The minimum atomic E-state index is -1.15. The molecule has 42 heavy (non-hydrogen) atoms. The molecule has 6 rings (SSSR count). The van der Waals surface area contributed by atoms with Gasteiger partial charge in [-0.05, 0) is 48.0 Å². The van der Waals surface area contributed by atoms with Crippen LogP contribution in [-0.2, 0) is 22.7 Å². The molecule has 212 valence electrons. The molecule has 5 aromatic rings. The summed E-state index contributed by atoms with van der Waals surface area (Å²) in [5.74, 6) is 0.172. The second-order valence-corrected chi connectivity index (χ2v) is 9.58. The molecule has 1 N–H and O–H groups in total. The number of nitrogens with zero attached hydrogens (tertiary/aromatic N) is 4. The molecule has 2 heterocycles. The van der Waals surface area contributed by atoms with Gasteiger partial charge in [0.1, 0.15) is 29.7 Å². The number of fused-ring (bicyclic) bond motifs is 2. The molecule has 1 aliphatic rings. The van der Waals surface area contributed by atoms with Crippen LogP contribution in [0.15, 0.2) is 91.0 Å². The highest BCUT2D eigenvalue weighted by Gasteiger charge is 2.33. The molecule has 0 fully saturated rings. The monoisotopic (exact) mass is 567 g/mol. The van der Waals surface area contributed by atoms with Crippen LogP contribution >= 0.6 is 0 Å². The summed E-state index contributed by atoms with van der Waals surface area (Å²) in [4.78, 5) is 29.5. The number of benzene rings is 4. The highest BCUT2D eigenvalue weighted by molar-refractivity contribution is 5.98. The van der Waals surface area contributed by atoms with E-state index in [4.69, 9.17) is 14.2 Å². The lowest BCUT2D eigenvalue weighted by Gasteiger charge is -2.32. The second kappa shape index (κ2) is 11.6. The molecule has 0 aliphatic carbocycles. The van der Waals surface area contributed by atoms with Crippen LogP contribution < -0.4 is 19.5 Å². The molecule has 4 aromatic carbocycles. The Kier molecular flexibility index (Phi) is 7.37. The van der Waals surface area contributed by atoms with Gasteiger partial charge in [0.2, 0.25) is 12.7 Å². The number of rotatable bonds is 9. The van der Waals surface area contributed by atoms with E-state index in [1.54, 1.807) is 72.8 Å². The van der Waals surface area contributed by atoms with Crippen LogP contribution in [0.2, 0.25) is 0 Å². The number of nitrogens with one attached hydrogen (secondary N) is 1. The number of halogens is 1. The van der Waals surface area contributed by atoms with Crippen molar-refractivity contribution in [2.24, 2.45) is 0 Å². The molecule has 0 unspecified atom stereocenters. The van der Waals surface area contributed by atoms with Gasteiger partial charge < -0.3 is 24.4 Å². The van der Waals surface area contributed by atoms with Gasteiger partial charge in [-0.3, -0.25) is 9.59 Å². The summed E-state index contributed by atoms with van der Waals surface area (Å²) in [6.07, 6.45) is 0. The van der Waals surface area contributed by atoms with Gasteiger partial charge >= 0.3 is 0 Å². The fraction of sp³-hybridized carbons (Fsp3) is 0.161. The number of hydrogen-bond acceptors (Lipinski definition) is 7. The fourth-order valence-corrected chi connectivity index (χ4v) is 4.83. The zero-order valence-corrected chi connectivity index (χ0v) is 22.6. The minimum absolute atomic E-state index is 0.0864. The third kappa shape index (κ3) is 5.44. The van der Waals surface area contributed by atoms with Crippen molar-refractivity contribution in [1.82, 2.24) is 19.9 Å². The average Bonchev–Trinajstić information content (AvgIpc) is 3.65. The zero-order valence-electron chi connectivity index (χ0n) is 22.6. The number of anilines is 1. The van der Waals surface area contributed by atoms with E-state index in [0.717, 1.165) is 0 Å². The molecule has 1 aliphatic heterocycles. The van der Waals surface area contributed by atoms with Crippen molar-refractivity contribution in [1.29, 1.82) is 0 Å². The van der Waals surface area contributed by atoms with Gasteiger partial charge in [-0.25, -0.2) is 9.07 Å². The first-order valence-corrected chi connectivity index (χ1v) is 13.2. The zero-order chi connectivity index (χ0) is 29.1. The quantitative estimate of drug-likeness (QED) is 0.275. The van der Waals surface area contributed by atoms with Gasteiger partial charge in [0.15, 0.2) is 11.5 Å². The number of methoxy groups -OCH3 is 1. The van der Waals surface area contributed by atoms with Crippen molar-refractivity contribution >= 4 is 28.5 Å². The number of para-hydroxylation sites is 1. The van der Waals surface area contributed by atoms with E-state index in [0.29, 0.717) is 39.5 Å². The Balaban J connectivity index is 1.40. The molecule has 0 bridgehead atoms. The maximum absolute atomic E-state index is 14.9. The van der Waals surface area contributed by atoms with Gasteiger partial charge in [-0.1, -0.05) is 47.7 Å². The molecule has 0 saturated carbocycles. The van der Waals surface area contributed by atoms with Crippen molar-refractivity contribution in [3.8, 4) is 17.2 Å². The summed E-state index contributed by atoms with van der Waals surface area (Å²) in [6, 6.07) is 24.1. The van der Waals surface area contributed by atoms with E-state index in [-0.39, 0.29) is 25.4 Å². The first-order valence-electron chi connectivity index (χ1n) is 13.2. The van der Waals surface area contributed by atoms with Crippen LogP contribution in [0.1, 0.15) is 17.2 Å². The Bertz CT molecular complexity index is 1760. The molecule has 10 nitrogen and oxygen atoms in total. The molecule has 1 aromatic heterocycles. The topological polar surface area (TPSA) is 108 Å². The van der Waals surface area contributed by atoms with Crippen LogP contribution in [0.4, 0.5) is 10.1 Å². The predicted octanol–water partition coefficient (Wildman–Crippen LogP) is 4.72. The maximum Gasteiger partial charge on any atom is 0.251 e. The summed E-state index contributed by atoms with van der Waals surface area (Å²) >= 11 is 0. The molecule has 0 spiro atoms. The van der Waals surface area contributed by atoms with Crippen molar-refractivity contribution in [3.63, 3.8) is 0 Å². The van der Waals surface area contributed by atoms with Gasteiger partial charge in [0.05, 0.1) is 12.6 Å². The third-order valence-electron chi connectivity index (χ3n) is 6.96. The average molecular weight is 568 g/mol. The van der Waals surface area contributed by atoms with E-state index in [9.17, 15) is 14.0 Å². The van der Waals surface area contributed by atoms with Gasteiger partial charge in [0, 0.05) is 23.9 Å². The molecule has 11 heteroatoms. The normalized spacial score (nSPS) is 12.6. The van der Waals surface area contributed by atoms with Gasteiger partial charge in [0.25, 0.3) is 5.91 Å². The summed E-state index contributed by atoms with van der Waals surface area (Å²) in [5.41, 5.74) is 2.48. The highest BCUT2D eigenvalue weighted by atomic mass is 19.1. The summed E-state index contributed by atoms with van der Waals surface area (Å²) < 4.78 is 32.5. The van der Waals surface area contributed by atoms with Crippen molar-refractivity contribution in [2.75, 3.05) is 19.2 Å². The van der Waals surface area contributed by atoms with Gasteiger partial charge in [-0.15, -0.1) is 5.10 Å². The third-order valence-corrected chi connectivity index (χ3v) is 6.96. The predicted molar refractivity (Wildman–Crippen MR) is 151 cm³/mol. The lowest BCUT2D eigenvalue weighted by atomic mass is 10.0. The molecule has 0 radical (unpaired) electrons. The first kappa shape index (κ1) is 26.8. The van der Waals surface area contributed by atoms with E-state index >= 15 is 0 Å². The molecular formula is C31H26FN5O5. The number of ether oxygens (including phenoxy) is 3. The van der Waals surface area contributed by atoms with E-state index in [1.165, 1.54) is 22.8 Å². The van der Waals surface area contributed by atoms with Crippen LogP contribution in [0, 0.1) is 5.82 Å². The highest BCUT2D eigenvalue weighted by Crippen LogP contribution is 2.35. The number of aromatic nitrogens is 3. The van der Waals surface area contributed by atoms with E-state index in [1.807, 2.05) is 12.1 Å². The Morgan fingerprint density at radius 2 is 1.76 bits per heavy atom. The van der Waals surface area contributed by atoms with Crippen molar-refractivity contribution in [3.05, 3.63) is 108 Å². The van der Waals surface area contributed by atoms with Crippen LogP contribution in [0.25, 0.3) is 11.0 Å². The van der Waals surface area contributed by atoms with Gasteiger partial charge in [-0.2, -0.15) is 0 Å². The Morgan fingerprint density at radius 1 is 1.00 bits per heavy atom. The maximum atomic E-state index is 14.9. The molecule has 0 saturated heterocycles. The summed E-state index contributed by atoms with van der Waals surface area (Å²) in [7, 11) is 1.54. The number of hydrogen-bond donors (Lipinski definition) is 1. The SMILES string of the molecule is COc1ccc([C@H](C(=O)Nc2ccc3c(c2)OCO3)N(Cc2ccccc2F)C(=O)Cn2nnc3ccccc32)cc1. The number of amides is 2. The first-order chi connectivity index (χ1) is 20.5. The molecular weight excluding hydrogens is 541 g/mol. The van der Waals surface area contributed by atoms with Crippen molar-refractivity contribution in [2.45, 2.75) is 19.1 Å². The summed E-state index contributed by atoms with van der Waals surface area (Å²) in [6.45, 7) is -0.314. The van der Waals surface area contributed by atoms with Crippen LogP contribution in [0.3, 0.4) is 0 Å². The van der Waals surface area contributed by atoms with Crippen molar-refractivity contribution < 1.29 is 28.2 Å². The standard InChI is InChI=1S/C31H26FN5O5/c1-40-23-13-10-20(11-14-23)30(31(39)33-22-12-15-27-28(16-22)42-19-41-27)36(17-21-6-2-3-7-24(21)32)29(38)18-37-26-9-5-4-8-25(26)34-35-37/h2-16,30H,17-19H2,1H3,(H,33,39)/t30-/m1/s1. The lowest BCUT2D eigenvalue weighted by molar-refractivity contribution is -0.140. The number of carbonyl (C=O) groups is 2. The fourth-order valence-electron chi connectivity index (χ4n) is 4.83. The van der Waals surface area contributed by atoms with Crippen LogP contribution in [-0.4, -0.2) is 45.6 Å². The Hall–Kier alpha value is -5.45. The van der Waals surface area contributed by atoms with Crippen LogP contribution in [0.5, 0.6) is 17.2 Å². The minimum Gasteiger partial charge on any atom is -0.497 e. The summed E-state index contributed by atoms with van der Waals surface area (Å²) in [5, 5.41) is 11.2. The smallest absolute Gasteiger partial charge is 0.251 e.